The van der Waals surface area contributed by atoms with Crippen molar-refractivity contribution in [1.29, 1.82) is 0 Å². The third-order valence-corrected chi connectivity index (χ3v) is 3.82. The molecule has 4 rings (SSSR count). The first kappa shape index (κ1) is 12.5. The average Bonchev–Trinajstić information content (AvgIpc) is 2.99. The van der Waals surface area contributed by atoms with Gasteiger partial charge in [0.15, 0.2) is 11.5 Å². The van der Waals surface area contributed by atoms with Crippen LogP contribution in [-0.4, -0.2) is 15.8 Å². The Morgan fingerprint density at radius 1 is 1.05 bits per heavy atom. The number of hydrogen-bond donors (Lipinski definition) is 1. The number of aromatic nitrogens is 2. The van der Waals surface area contributed by atoms with Crippen molar-refractivity contribution in [2.24, 2.45) is 0 Å². The van der Waals surface area contributed by atoms with Gasteiger partial charge in [-0.15, -0.1) is 0 Å². The lowest BCUT2D eigenvalue weighted by atomic mass is 10.1. The molecule has 0 amide bonds. The third-order valence-electron chi connectivity index (χ3n) is 3.82. The maximum absolute atomic E-state index is 6.02. The van der Waals surface area contributed by atoms with E-state index in [0.29, 0.717) is 5.92 Å². The van der Waals surface area contributed by atoms with Crippen LogP contribution in [0.2, 0.25) is 0 Å². The number of aromatic amines is 1. The SMILES string of the molecule is CC(C)c1nc2c([nH]1)c1c(c3ccccc32)OC(C)(C)O1. The minimum absolute atomic E-state index is 0.335. The van der Waals surface area contributed by atoms with Gasteiger partial charge in [0.25, 0.3) is 0 Å². The van der Waals surface area contributed by atoms with Crippen LogP contribution in [0.15, 0.2) is 24.3 Å². The number of benzene rings is 2. The van der Waals surface area contributed by atoms with Gasteiger partial charge in [-0.3, -0.25) is 0 Å². The molecule has 0 aliphatic carbocycles. The fourth-order valence-electron chi connectivity index (χ4n) is 2.86. The molecule has 3 aromatic rings. The summed E-state index contributed by atoms with van der Waals surface area (Å²) in [4.78, 5) is 8.18. The Labute approximate surface area is 123 Å². The van der Waals surface area contributed by atoms with Gasteiger partial charge in [0, 0.05) is 30.5 Å². The smallest absolute Gasteiger partial charge is 0.246 e. The summed E-state index contributed by atoms with van der Waals surface area (Å²) in [5.74, 6) is 2.23. The van der Waals surface area contributed by atoms with E-state index in [9.17, 15) is 0 Å². The molecular formula is C17H18N2O2. The minimum Gasteiger partial charge on any atom is -0.448 e. The number of imidazole rings is 1. The maximum Gasteiger partial charge on any atom is 0.246 e. The molecule has 0 spiro atoms. The first-order valence-corrected chi connectivity index (χ1v) is 7.28. The standard InChI is InChI=1S/C17H18N2O2/c1-9(2)16-18-12-10-7-5-6-8-11(10)14-15(13(12)19-16)21-17(3,4)20-14/h5-9H,1-4H3,(H,18,19). The molecule has 2 aromatic carbocycles. The zero-order valence-electron chi connectivity index (χ0n) is 12.7. The van der Waals surface area contributed by atoms with E-state index in [-0.39, 0.29) is 0 Å². The molecule has 0 atom stereocenters. The monoisotopic (exact) mass is 282 g/mol. The second kappa shape index (κ2) is 3.91. The highest BCUT2D eigenvalue weighted by molar-refractivity contribution is 6.11. The molecule has 1 aliphatic rings. The fourth-order valence-corrected chi connectivity index (χ4v) is 2.86. The fraction of sp³-hybridized carbons (Fsp3) is 0.353. The van der Waals surface area contributed by atoms with Crippen molar-refractivity contribution in [2.75, 3.05) is 0 Å². The molecule has 1 aliphatic heterocycles. The second-order valence-corrected chi connectivity index (χ2v) is 6.31. The van der Waals surface area contributed by atoms with Crippen LogP contribution in [0.4, 0.5) is 0 Å². The number of fused-ring (bicyclic) bond motifs is 6. The van der Waals surface area contributed by atoms with Crippen LogP contribution in [0, 0.1) is 0 Å². The zero-order chi connectivity index (χ0) is 14.8. The van der Waals surface area contributed by atoms with Crippen LogP contribution in [0.3, 0.4) is 0 Å². The summed E-state index contributed by atoms with van der Waals surface area (Å²) in [5.41, 5.74) is 1.88. The summed E-state index contributed by atoms with van der Waals surface area (Å²) < 4.78 is 12.0. The Kier molecular flexibility index (Phi) is 2.33. The van der Waals surface area contributed by atoms with Crippen molar-refractivity contribution in [1.82, 2.24) is 9.97 Å². The van der Waals surface area contributed by atoms with Gasteiger partial charge in [0.2, 0.25) is 5.79 Å². The Morgan fingerprint density at radius 2 is 1.71 bits per heavy atom. The van der Waals surface area contributed by atoms with Crippen LogP contribution in [0.5, 0.6) is 11.5 Å². The van der Waals surface area contributed by atoms with Crippen molar-refractivity contribution < 1.29 is 9.47 Å². The van der Waals surface area contributed by atoms with E-state index in [1.807, 2.05) is 26.0 Å². The van der Waals surface area contributed by atoms with E-state index >= 15 is 0 Å². The number of H-pyrrole nitrogens is 1. The molecule has 0 fully saturated rings. The van der Waals surface area contributed by atoms with E-state index < -0.39 is 5.79 Å². The third kappa shape index (κ3) is 1.71. The normalized spacial score (nSPS) is 16.2. The summed E-state index contributed by atoms with van der Waals surface area (Å²) in [6, 6.07) is 8.18. The molecule has 2 heterocycles. The molecule has 21 heavy (non-hydrogen) atoms. The molecule has 1 aromatic heterocycles. The van der Waals surface area contributed by atoms with E-state index in [0.717, 1.165) is 39.1 Å². The molecule has 0 saturated heterocycles. The van der Waals surface area contributed by atoms with Gasteiger partial charge in [-0.05, 0) is 0 Å². The number of rotatable bonds is 1. The largest absolute Gasteiger partial charge is 0.448 e. The minimum atomic E-state index is -0.650. The number of hydrogen-bond acceptors (Lipinski definition) is 3. The van der Waals surface area contributed by atoms with E-state index in [1.54, 1.807) is 0 Å². The molecular weight excluding hydrogens is 264 g/mol. The van der Waals surface area contributed by atoms with Crippen LogP contribution in [0.25, 0.3) is 21.8 Å². The maximum atomic E-state index is 6.02. The van der Waals surface area contributed by atoms with Gasteiger partial charge in [-0.1, -0.05) is 38.1 Å². The van der Waals surface area contributed by atoms with Crippen LogP contribution < -0.4 is 9.47 Å². The van der Waals surface area contributed by atoms with Crippen molar-refractivity contribution in [3.05, 3.63) is 30.1 Å². The average molecular weight is 282 g/mol. The Balaban J connectivity index is 2.16. The number of nitrogens with one attached hydrogen (secondary N) is 1. The first-order chi connectivity index (χ1) is 9.96. The summed E-state index contributed by atoms with van der Waals surface area (Å²) in [6.07, 6.45) is 0. The van der Waals surface area contributed by atoms with Crippen molar-refractivity contribution >= 4 is 21.8 Å². The Bertz CT molecular complexity index is 862. The van der Waals surface area contributed by atoms with E-state index in [4.69, 9.17) is 14.5 Å². The molecule has 0 radical (unpaired) electrons. The topological polar surface area (TPSA) is 47.1 Å². The van der Waals surface area contributed by atoms with Gasteiger partial charge in [-0.25, -0.2) is 4.98 Å². The Morgan fingerprint density at radius 3 is 2.43 bits per heavy atom. The predicted octanol–water partition coefficient (Wildman–Crippen LogP) is 4.35. The lowest BCUT2D eigenvalue weighted by Crippen LogP contribution is -2.29. The van der Waals surface area contributed by atoms with E-state index in [1.165, 1.54) is 0 Å². The number of ether oxygens (including phenoxy) is 2. The highest BCUT2D eigenvalue weighted by Crippen LogP contribution is 2.49. The lowest BCUT2D eigenvalue weighted by Gasteiger charge is -2.16. The predicted molar refractivity (Wildman–Crippen MR) is 83.0 cm³/mol. The van der Waals surface area contributed by atoms with Gasteiger partial charge in [0.05, 0.1) is 0 Å². The molecule has 4 nitrogen and oxygen atoms in total. The number of nitrogens with zero attached hydrogens (tertiary/aromatic N) is 1. The molecule has 108 valence electrons. The zero-order valence-corrected chi connectivity index (χ0v) is 12.7. The van der Waals surface area contributed by atoms with Crippen LogP contribution in [0.1, 0.15) is 39.4 Å². The van der Waals surface area contributed by atoms with Crippen LogP contribution in [-0.2, 0) is 0 Å². The summed E-state index contributed by atoms with van der Waals surface area (Å²) >= 11 is 0. The summed E-state index contributed by atoms with van der Waals surface area (Å²) in [7, 11) is 0. The molecule has 4 heteroatoms. The molecule has 0 saturated carbocycles. The molecule has 1 N–H and O–H groups in total. The van der Waals surface area contributed by atoms with Gasteiger partial charge < -0.3 is 14.5 Å². The Hall–Kier alpha value is -2.23. The van der Waals surface area contributed by atoms with E-state index in [2.05, 4.69) is 31.0 Å². The first-order valence-electron chi connectivity index (χ1n) is 7.28. The van der Waals surface area contributed by atoms with Gasteiger partial charge in [-0.2, -0.15) is 0 Å². The second-order valence-electron chi connectivity index (χ2n) is 6.31. The quantitative estimate of drug-likeness (QED) is 0.722. The summed E-state index contributed by atoms with van der Waals surface area (Å²) in [5, 5.41) is 2.14. The lowest BCUT2D eigenvalue weighted by molar-refractivity contribution is -0.0420. The molecule has 0 bridgehead atoms. The highest BCUT2D eigenvalue weighted by Gasteiger charge is 2.36. The van der Waals surface area contributed by atoms with Crippen molar-refractivity contribution in [3.63, 3.8) is 0 Å². The van der Waals surface area contributed by atoms with Crippen molar-refractivity contribution in [3.8, 4) is 11.5 Å². The molecule has 0 unspecified atom stereocenters. The van der Waals surface area contributed by atoms with Gasteiger partial charge >= 0.3 is 0 Å². The van der Waals surface area contributed by atoms with Gasteiger partial charge in [0.1, 0.15) is 16.9 Å². The highest BCUT2D eigenvalue weighted by atomic mass is 16.7. The summed E-state index contributed by atoms with van der Waals surface area (Å²) in [6.45, 7) is 8.10. The van der Waals surface area contributed by atoms with Crippen molar-refractivity contribution in [2.45, 2.75) is 39.4 Å². The van der Waals surface area contributed by atoms with Crippen LogP contribution >= 0.6 is 0 Å².